The quantitative estimate of drug-likeness (QED) is 0.298. The van der Waals surface area contributed by atoms with E-state index in [1.54, 1.807) is 37.4 Å². The van der Waals surface area contributed by atoms with Crippen LogP contribution in [-0.4, -0.2) is 59.7 Å². The molecule has 0 unspecified atom stereocenters. The van der Waals surface area contributed by atoms with Crippen molar-refractivity contribution in [1.82, 2.24) is 4.90 Å². The van der Waals surface area contributed by atoms with Crippen molar-refractivity contribution in [1.29, 1.82) is 0 Å². The van der Waals surface area contributed by atoms with Gasteiger partial charge in [-0.25, -0.2) is 9.59 Å². The molecule has 2 rings (SSSR count). The minimum atomic E-state index is -5.08. The number of carboxylic acids is 1. The number of carbonyl (C=O) groups excluding carboxylic acids is 2. The highest BCUT2D eigenvalue weighted by molar-refractivity contribution is 6.35. The summed E-state index contributed by atoms with van der Waals surface area (Å²) in [4.78, 5) is 36.1. The van der Waals surface area contributed by atoms with Crippen LogP contribution in [0.15, 0.2) is 36.4 Å². The van der Waals surface area contributed by atoms with Gasteiger partial charge in [0.25, 0.3) is 0 Å². The molecule has 5 N–H and O–H groups in total. The molecule has 8 nitrogen and oxygen atoms in total. The number of likely N-dealkylation sites (N-methyl/N-ethyl adjacent to an activating group) is 1. The van der Waals surface area contributed by atoms with Crippen LogP contribution in [0, 0.1) is 13.8 Å². The van der Waals surface area contributed by atoms with E-state index in [1.807, 2.05) is 19.9 Å². The van der Waals surface area contributed by atoms with Gasteiger partial charge in [0.1, 0.15) is 11.8 Å². The molecule has 0 radical (unpaired) electrons. The second-order valence-corrected chi connectivity index (χ2v) is 9.26. The van der Waals surface area contributed by atoms with Crippen LogP contribution in [0.4, 0.5) is 13.2 Å². The Morgan fingerprint density at radius 1 is 1.08 bits per heavy atom. The van der Waals surface area contributed by atoms with Crippen molar-refractivity contribution in [2.45, 2.75) is 51.4 Å². The molecule has 0 heterocycles. The Bertz CT molecular complexity index is 1130. The minimum absolute atomic E-state index is 0.217. The summed E-state index contributed by atoms with van der Waals surface area (Å²) in [6.07, 6.45) is -3.94. The highest BCUT2D eigenvalue weighted by atomic mass is 35.5. The number of ether oxygens (including phenoxy) is 1. The molecule has 0 aliphatic carbocycles. The van der Waals surface area contributed by atoms with E-state index in [0.717, 1.165) is 11.1 Å². The molecule has 0 saturated carbocycles. The number of carboxylic acid groups (broad SMARTS) is 1. The molecule has 0 bridgehead atoms. The van der Waals surface area contributed by atoms with E-state index in [0.29, 0.717) is 40.7 Å². The number of aryl methyl sites for hydroxylation is 2. The van der Waals surface area contributed by atoms with Gasteiger partial charge in [0, 0.05) is 17.1 Å². The molecule has 1 amide bonds. The Labute approximate surface area is 228 Å². The lowest BCUT2D eigenvalue weighted by molar-refractivity contribution is -0.192. The number of esters is 1. The summed E-state index contributed by atoms with van der Waals surface area (Å²) < 4.78 is 37.3. The van der Waals surface area contributed by atoms with Crippen molar-refractivity contribution >= 4 is 41.0 Å². The zero-order valence-electron chi connectivity index (χ0n) is 21.0. The van der Waals surface area contributed by atoms with E-state index in [1.165, 1.54) is 4.90 Å². The van der Waals surface area contributed by atoms with Crippen LogP contribution in [0.2, 0.25) is 10.0 Å². The second kappa shape index (κ2) is 14.9. The first-order chi connectivity index (χ1) is 17.6. The zero-order chi connectivity index (χ0) is 29.2. The minimum Gasteiger partial charge on any atom is -0.475 e. The summed E-state index contributed by atoms with van der Waals surface area (Å²) in [6.45, 7) is 4.31. The first-order valence-corrected chi connectivity index (χ1v) is 12.1. The van der Waals surface area contributed by atoms with Gasteiger partial charge in [-0.05, 0) is 80.6 Å². The van der Waals surface area contributed by atoms with E-state index in [-0.39, 0.29) is 12.3 Å². The number of hydrogen-bond donors (Lipinski definition) is 3. The first-order valence-electron chi connectivity index (χ1n) is 11.3. The van der Waals surface area contributed by atoms with E-state index in [4.69, 9.17) is 49.3 Å². The summed E-state index contributed by atoms with van der Waals surface area (Å²) in [7, 11) is 1.55. The number of amides is 1. The molecule has 38 heavy (non-hydrogen) atoms. The number of carbonyl (C=O) groups is 3. The summed E-state index contributed by atoms with van der Waals surface area (Å²) in [6, 6.07) is 8.76. The highest BCUT2D eigenvalue weighted by Gasteiger charge is 2.38. The van der Waals surface area contributed by atoms with Gasteiger partial charge >= 0.3 is 18.1 Å². The largest absolute Gasteiger partial charge is 0.490 e. The smallest absolute Gasteiger partial charge is 0.475 e. The van der Waals surface area contributed by atoms with Crippen molar-refractivity contribution in [2.75, 3.05) is 13.6 Å². The van der Waals surface area contributed by atoms with Crippen LogP contribution in [0.1, 0.15) is 29.5 Å². The van der Waals surface area contributed by atoms with Crippen molar-refractivity contribution in [3.05, 3.63) is 63.1 Å². The van der Waals surface area contributed by atoms with Gasteiger partial charge < -0.3 is 26.2 Å². The number of rotatable bonds is 9. The number of halogens is 5. The molecule has 2 aromatic carbocycles. The molecule has 210 valence electrons. The molecule has 13 heteroatoms. The molecular weight excluding hydrogens is 550 g/mol. The summed E-state index contributed by atoms with van der Waals surface area (Å²) in [5.41, 5.74) is 14.6. The lowest BCUT2D eigenvalue weighted by Gasteiger charge is -2.29. The van der Waals surface area contributed by atoms with Crippen LogP contribution in [-0.2, 0) is 20.8 Å². The van der Waals surface area contributed by atoms with Crippen LogP contribution in [0.25, 0.3) is 0 Å². The first kappa shape index (κ1) is 33.2. The normalized spacial score (nSPS) is 12.6. The molecule has 2 aromatic rings. The zero-order valence-corrected chi connectivity index (χ0v) is 22.5. The number of aliphatic carboxylic acids is 1. The lowest BCUT2D eigenvalue weighted by Crippen LogP contribution is -2.51. The second-order valence-electron chi connectivity index (χ2n) is 8.41. The summed E-state index contributed by atoms with van der Waals surface area (Å²) in [5, 5.41) is 8.06. The molecule has 0 fully saturated rings. The van der Waals surface area contributed by atoms with Crippen molar-refractivity contribution < 1.29 is 37.4 Å². The Morgan fingerprint density at radius 2 is 1.68 bits per heavy atom. The number of alkyl halides is 3. The third-order valence-corrected chi connectivity index (χ3v) is 6.07. The van der Waals surface area contributed by atoms with E-state index in [2.05, 4.69) is 0 Å². The average Bonchev–Trinajstić information content (AvgIpc) is 2.82. The molecule has 0 aromatic heterocycles. The van der Waals surface area contributed by atoms with Gasteiger partial charge in [-0.1, -0.05) is 35.3 Å². The number of nitrogens with zero attached hydrogens (tertiary/aromatic N) is 1. The fraction of sp³-hybridized carbons (Fsp3) is 0.400. The topological polar surface area (TPSA) is 136 Å². The van der Waals surface area contributed by atoms with Crippen LogP contribution >= 0.6 is 23.2 Å². The Morgan fingerprint density at radius 3 is 2.18 bits per heavy atom. The van der Waals surface area contributed by atoms with Gasteiger partial charge in [-0.3, -0.25) is 4.79 Å². The van der Waals surface area contributed by atoms with E-state index < -0.39 is 30.2 Å². The third-order valence-electron chi connectivity index (χ3n) is 5.48. The predicted octanol–water partition coefficient (Wildman–Crippen LogP) is 4.28. The fourth-order valence-corrected chi connectivity index (χ4v) is 3.65. The molecule has 0 aliphatic rings. The molecule has 0 saturated heterocycles. The maximum Gasteiger partial charge on any atom is 0.490 e. The highest BCUT2D eigenvalue weighted by Crippen LogP contribution is 2.23. The number of nitrogens with two attached hydrogens (primary N) is 2. The van der Waals surface area contributed by atoms with Gasteiger partial charge in [-0.15, -0.1) is 0 Å². The van der Waals surface area contributed by atoms with Gasteiger partial charge in [0.15, 0.2) is 0 Å². The standard InChI is InChI=1S/C23H29Cl2N3O3.C2HF3O2/c1-14-6-9-18(11-15(14)2)31-23(30)21(5-4-10-26)28(3)22(29)20(27)12-16-7-8-17(24)13-19(16)25;3-2(4,5)1(6)7/h6-9,11,13,20-21H,4-5,10,12,26-27H2,1-3H3;(H,6,7)/t20-,21-;/m0./s1. The number of hydrogen-bond acceptors (Lipinski definition) is 6. The maximum absolute atomic E-state index is 13.0. The molecular formula is C25H30Cl2F3N3O5. The third kappa shape index (κ3) is 10.5. The van der Waals surface area contributed by atoms with Crippen molar-refractivity contribution in [3.63, 3.8) is 0 Å². The predicted molar refractivity (Wildman–Crippen MR) is 138 cm³/mol. The Balaban J connectivity index is 0.000000905. The van der Waals surface area contributed by atoms with Crippen LogP contribution in [0.5, 0.6) is 5.75 Å². The van der Waals surface area contributed by atoms with Crippen molar-refractivity contribution in [2.24, 2.45) is 11.5 Å². The van der Waals surface area contributed by atoms with Crippen molar-refractivity contribution in [3.8, 4) is 5.75 Å². The van der Waals surface area contributed by atoms with Gasteiger partial charge in [0.2, 0.25) is 5.91 Å². The Hall–Kier alpha value is -2.86. The van der Waals surface area contributed by atoms with Crippen LogP contribution < -0.4 is 16.2 Å². The number of benzene rings is 2. The van der Waals surface area contributed by atoms with Gasteiger partial charge in [-0.2, -0.15) is 13.2 Å². The average molecular weight is 580 g/mol. The van der Waals surface area contributed by atoms with Gasteiger partial charge in [0.05, 0.1) is 6.04 Å². The maximum atomic E-state index is 13.0. The summed E-state index contributed by atoms with van der Waals surface area (Å²) in [5.74, 6) is -3.23. The van der Waals surface area contributed by atoms with E-state index in [9.17, 15) is 22.8 Å². The summed E-state index contributed by atoms with van der Waals surface area (Å²) >= 11 is 12.1. The van der Waals surface area contributed by atoms with Crippen LogP contribution in [0.3, 0.4) is 0 Å². The van der Waals surface area contributed by atoms with E-state index >= 15 is 0 Å². The lowest BCUT2D eigenvalue weighted by atomic mass is 10.0. The SMILES string of the molecule is Cc1ccc(OC(=O)[C@H](CCCN)N(C)C(=O)[C@@H](N)Cc2ccc(Cl)cc2Cl)cc1C.O=C(O)C(F)(F)F. The molecule has 0 aliphatic heterocycles. The molecule has 2 atom stereocenters. The Kier molecular flexibility index (Phi) is 13.0. The molecule has 0 spiro atoms. The monoisotopic (exact) mass is 579 g/mol. The fourth-order valence-electron chi connectivity index (χ4n) is 3.17.